The maximum Gasteiger partial charge on any atom is 0.339 e. The molecule has 0 saturated carbocycles. The number of anilines is 1. The van der Waals surface area contributed by atoms with Crippen LogP contribution in [-0.2, 0) is 4.74 Å². The van der Waals surface area contributed by atoms with Crippen LogP contribution in [-0.4, -0.2) is 17.6 Å². The summed E-state index contributed by atoms with van der Waals surface area (Å²) in [5, 5.41) is 0. The fourth-order valence-corrected chi connectivity index (χ4v) is 0.740. The van der Waals surface area contributed by atoms with Crippen molar-refractivity contribution < 1.29 is 9.53 Å². The highest BCUT2D eigenvalue weighted by atomic mass is 16.5. The van der Waals surface area contributed by atoms with Crippen molar-refractivity contribution in [2.24, 2.45) is 0 Å². The van der Waals surface area contributed by atoms with Crippen molar-refractivity contribution >= 4 is 11.8 Å². The molecule has 1 aromatic heterocycles. The molecule has 0 aliphatic heterocycles. The average molecular weight is 196 g/mol. The molecule has 0 aliphatic rings. The van der Waals surface area contributed by atoms with Gasteiger partial charge in [0.1, 0.15) is 5.82 Å². The summed E-state index contributed by atoms with van der Waals surface area (Å²) in [6, 6.07) is 3.15. The summed E-state index contributed by atoms with van der Waals surface area (Å²) in [4.78, 5) is 14.8. The molecule has 78 valence electrons. The lowest BCUT2D eigenvalue weighted by molar-refractivity contribution is 0.0526. The predicted molar refractivity (Wildman–Crippen MR) is 56.0 cm³/mol. The molecule has 0 atom stereocenters. The van der Waals surface area contributed by atoms with Gasteiger partial charge in [0.15, 0.2) is 0 Å². The number of hydrogen-bond donors (Lipinski definition) is 1. The number of nitrogens with two attached hydrogens (primary N) is 1. The number of esters is 1. The summed E-state index contributed by atoms with van der Waals surface area (Å²) in [6.45, 7) is 6.12. The number of ether oxygens (including phenoxy) is 1. The van der Waals surface area contributed by atoms with Crippen LogP contribution < -0.4 is 5.73 Å². The Kier molecular flexibility index (Phi) is 6.11. The van der Waals surface area contributed by atoms with Crippen LogP contribution in [0.3, 0.4) is 0 Å². The van der Waals surface area contributed by atoms with E-state index in [1.165, 1.54) is 6.20 Å². The van der Waals surface area contributed by atoms with E-state index in [2.05, 4.69) is 4.98 Å². The summed E-state index contributed by atoms with van der Waals surface area (Å²) >= 11 is 0. The highest BCUT2D eigenvalue weighted by Gasteiger charge is 2.04. The normalized spacial score (nSPS) is 8.50. The second-order valence-corrected chi connectivity index (χ2v) is 2.19. The Morgan fingerprint density at radius 3 is 2.57 bits per heavy atom. The maximum atomic E-state index is 11.1. The van der Waals surface area contributed by atoms with Crippen LogP contribution in [0.25, 0.3) is 0 Å². The fraction of sp³-hybridized carbons (Fsp3) is 0.400. The molecule has 1 heterocycles. The summed E-state index contributed by atoms with van der Waals surface area (Å²) in [6.07, 6.45) is 1.40. The Morgan fingerprint density at radius 2 is 2.14 bits per heavy atom. The molecule has 4 nitrogen and oxygen atoms in total. The monoisotopic (exact) mass is 196 g/mol. The summed E-state index contributed by atoms with van der Waals surface area (Å²) < 4.78 is 4.75. The van der Waals surface area contributed by atoms with Crippen molar-refractivity contribution in [3.63, 3.8) is 0 Å². The first-order valence-corrected chi connectivity index (χ1v) is 4.62. The van der Waals surface area contributed by atoms with Gasteiger partial charge in [0.2, 0.25) is 0 Å². The van der Waals surface area contributed by atoms with Crippen LogP contribution in [0.1, 0.15) is 31.1 Å². The van der Waals surface area contributed by atoms with Crippen molar-refractivity contribution in [2.45, 2.75) is 20.8 Å². The molecule has 4 heteroatoms. The number of nitrogens with zero attached hydrogens (tertiary/aromatic N) is 1. The van der Waals surface area contributed by atoms with Gasteiger partial charge in [0, 0.05) is 6.20 Å². The lowest BCUT2D eigenvalue weighted by Gasteiger charge is -2.00. The van der Waals surface area contributed by atoms with E-state index in [4.69, 9.17) is 10.5 Å². The average Bonchev–Trinajstić information content (AvgIpc) is 2.22. The van der Waals surface area contributed by atoms with Crippen LogP contribution in [0, 0.1) is 0 Å². The number of rotatable bonds is 2. The van der Waals surface area contributed by atoms with Gasteiger partial charge in [-0.05, 0) is 19.1 Å². The van der Waals surface area contributed by atoms with E-state index in [1.54, 1.807) is 19.1 Å². The minimum Gasteiger partial charge on any atom is -0.462 e. The third-order valence-electron chi connectivity index (χ3n) is 1.30. The van der Waals surface area contributed by atoms with Gasteiger partial charge >= 0.3 is 5.97 Å². The van der Waals surface area contributed by atoms with Crippen LogP contribution in [0.2, 0.25) is 0 Å². The molecule has 0 spiro atoms. The molecule has 2 N–H and O–H groups in total. The lowest BCUT2D eigenvalue weighted by atomic mass is 10.3. The number of nitrogen functional groups attached to an aromatic ring is 1. The van der Waals surface area contributed by atoms with E-state index in [-0.39, 0.29) is 5.97 Å². The molecule has 14 heavy (non-hydrogen) atoms. The van der Waals surface area contributed by atoms with Gasteiger partial charge in [-0.25, -0.2) is 9.78 Å². The Bertz CT molecular complexity index is 270. The second-order valence-electron chi connectivity index (χ2n) is 2.19. The molecule has 0 aliphatic carbocycles. The van der Waals surface area contributed by atoms with Gasteiger partial charge in [0.25, 0.3) is 0 Å². The number of hydrogen-bond acceptors (Lipinski definition) is 4. The Morgan fingerprint density at radius 1 is 1.50 bits per heavy atom. The van der Waals surface area contributed by atoms with E-state index >= 15 is 0 Å². The van der Waals surface area contributed by atoms with Gasteiger partial charge in [-0.15, -0.1) is 0 Å². The molecule has 0 radical (unpaired) electrons. The Hall–Kier alpha value is -1.58. The quantitative estimate of drug-likeness (QED) is 0.733. The highest BCUT2D eigenvalue weighted by molar-refractivity contribution is 5.89. The minimum atomic E-state index is -0.370. The first-order chi connectivity index (χ1) is 6.74. The second kappa shape index (κ2) is 6.88. The van der Waals surface area contributed by atoms with Crippen LogP contribution in [0.5, 0.6) is 0 Å². The minimum absolute atomic E-state index is 0.364. The van der Waals surface area contributed by atoms with E-state index in [1.807, 2.05) is 13.8 Å². The molecule has 0 unspecified atom stereocenters. The largest absolute Gasteiger partial charge is 0.462 e. The molecular formula is C10H16N2O2. The zero-order valence-corrected chi connectivity index (χ0v) is 8.78. The first kappa shape index (κ1) is 12.4. The summed E-state index contributed by atoms with van der Waals surface area (Å²) in [7, 11) is 0. The van der Waals surface area contributed by atoms with Gasteiger partial charge in [0.05, 0.1) is 12.2 Å². The number of carbonyl (C=O) groups excluding carboxylic acids is 1. The Labute approximate surface area is 84.1 Å². The SMILES string of the molecule is CC.CCOC(=O)c1ccc(N)nc1. The molecule has 0 bridgehead atoms. The number of aromatic nitrogens is 1. The third kappa shape index (κ3) is 3.89. The number of carbonyl (C=O) groups is 1. The van der Waals surface area contributed by atoms with E-state index < -0.39 is 0 Å². The van der Waals surface area contributed by atoms with Gasteiger partial charge in [-0.2, -0.15) is 0 Å². The zero-order valence-electron chi connectivity index (χ0n) is 8.78. The standard InChI is InChI=1S/C8H10N2O2.C2H6/c1-2-12-8(11)6-3-4-7(9)10-5-6;1-2/h3-5H,2H2,1H3,(H2,9,10);1-2H3. The Balaban J connectivity index is 0.000000791. The van der Waals surface area contributed by atoms with E-state index in [9.17, 15) is 4.79 Å². The topological polar surface area (TPSA) is 65.2 Å². The zero-order chi connectivity index (χ0) is 11.0. The smallest absolute Gasteiger partial charge is 0.339 e. The molecule has 0 amide bonds. The van der Waals surface area contributed by atoms with Gasteiger partial charge in [-0.3, -0.25) is 0 Å². The molecular weight excluding hydrogens is 180 g/mol. The number of pyridine rings is 1. The van der Waals surface area contributed by atoms with Crippen molar-refractivity contribution in [1.29, 1.82) is 0 Å². The van der Waals surface area contributed by atoms with Crippen LogP contribution in [0.15, 0.2) is 18.3 Å². The van der Waals surface area contributed by atoms with Crippen LogP contribution in [0.4, 0.5) is 5.82 Å². The van der Waals surface area contributed by atoms with Crippen molar-refractivity contribution in [1.82, 2.24) is 4.98 Å². The molecule has 1 rings (SSSR count). The summed E-state index contributed by atoms with van der Waals surface area (Å²) in [5.74, 6) is 0.0213. The van der Waals surface area contributed by atoms with Gasteiger partial charge in [-0.1, -0.05) is 13.8 Å². The van der Waals surface area contributed by atoms with Gasteiger partial charge < -0.3 is 10.5 Å². The molecule has 1 aromatic rings. The fourth-order valence-electron chi connectivity index (χ4n) is 0.740. The molecule has 0 saturated heterocycles. The van der Waals surface area contributed by atoms with Crippen molar-refractivity contribution in [2.75, 3.05) is 12.3 Å². The first-order valence-electron chi connectivity index (χ1n) is 4.62. The van der Waals surface area contributed by atoms with Crippen LogP contribution >= 0.6 is 0 Å². The van der Waals surface area contributed by atoms with E-state index in [0.717, 1.165) is 0 Å². The third-order valence-corrected chi connectivity index (χ3v) is 1.30. The maximum absolute atomic E-state index is 11.1. The lowest BCUT2D eigenvalue weighted by Crippen LogP contribution is -2.05. The predicted octanol–water partition coefficient (Wildman–Crippen LogP) is 1.87. The van der Waals surface area contributed by atoms with Crippen molar-refractivity contribution in [3.8, 4) is 0 Å². The molecule has 0 fully saturated rings. The van der Waals surface area contributed by atoms with Crippen molar-refractivity contribution in [3.05, 3.63) is 23.9 Å². The summed E-state index contributed by atoms with van der Waals surface area (Å²) in [5.41, 5.74) is 5.76. The molecule has 0 aromatic carbocycles. The van der Waals surface area contributed by atoms with E-state index in [0.29, 0.717) is 18.0 Å². The highest BCUT2D eigenvalue weighted by Crippen LogP contribution is 2.02.